The highest BCUT2D eigenvalue weighted by Crippen LogP contribution is 2.43. The number of ether oxygens (including phenoxy) is 2. The number of phenols is 1. The molecule has 0 aliphatic carbocycles. The summed E-state index contributed by atoms with van der Waals surface area (Å²) in [5, 5.41) is 12.4. The second-order valence-electron chi connectivity index (χ2n) is 12.3. The molecule has 1 aromatic carbocycles. The molecule has 5 rings (SSSR count). The van der Waals surface area contributed by atoms with Crippen molar-refractivity contribution in [2.45, 2.75) is 83.8 Å². The van der Waals surface area contributed by atoms with Gasteiger partial charge in [-0.25, -0.2) is 9.78 Å². The molecular formula is C30H37N3O6Si. The number of pyridine rings is 2. The maximum Gasteiger partial charge on any atom is 0.355 e. The highest BCUT2D eigenvalue weighted by atomic mass is 28.3. The maximum absolute atomic E-state index is 14.0. The van der Waals surface area contributed by atoms with Crippen LogP contribution >= 0.6 is 0 Å². The number of nitrogens with zero attached hydrogens (tertiary/aromatic N) is 2. The number of carbonyl (C=O) groups excluding carboxylic acids is 2. The molecule has 0 radical (unpaired) electrons. The van der Waals surface area contributed by atoms with Crippen molar-refractivity contribution in [3.8, 4) is 17.1 Å². The molecule has 2 aliphatic heterocycles. The zero-order chi connectivity index (χ0) is 29.2. The van der Waals surface area contributed by atoms with Crippen LogP contribution in [-0.4, -0.2) is 41.2 Å². The number of esters is 2. The molecule has 40 heavy (non-hydrogen) atoms. The number of hydrogen-bond acceptors (Lipinski definition) is 8. The summed E-state index contributed by atoms with van der Waals surface area (Å²) < 4.78 is 12.9. The molecule has 0 spiro atoms. The normalized spacial score (nSPS) is 18.2. The Balaban J connectivity index is 1.79. The van der Waals surface area contributed by atoms with E-state index in [4.69, 9.17) is 20.2 Å². The lowest BCUT2D eigenvalue weighted by Gasteiger charge is -2.39. The van der Waals surface area contributed by atoms with Crippen molar-refractivity contribution in [2.24, 2.45) is 5.73 Å². The number of fused-ring (bicyclic) bond motifs is 5. The summed E-state index contributed by atoms with van der Waals surface area (Å²) in [7, 11) is -2.22. The van der Waals surface area contributed by atoms with E-state index in [-0.39, 0.29) is 35.8 Å². The monoisotopic (exact) mass is 563 g/mol. The molecule has 212 valence electrons. The van der Waals surface area contributed by atoms with Crippen molar-refractivity contribution in [3.63, 3.8) is 0 Å². The van der Waals surface area contributed by atoms with Gasteiger partial charge < -0.3 is 24.9 Å². The van der Waals surface area contributed by atoms with Crippen molar-refractivity contribution >= 4 is 36.1 Å². The van der Waals surface area contributed by atoms with Crippen molar-refractivity contribution in [2.75, 3.05) is 6.54 Å². The van der Waals surface area contributed by atoms with Gasteiger partial charge in [0.2, 0.25) is 5.60 Å². The van der Waals surface area contributed by atoms with Gasteiger partial charge >= 0.3 is 11.9 Å². The number of carbonyl (C=O) groups is 2. The Morgan fingerprint density at radius 2 is 1.95 bits per heavy atom. The van der Waals surface area contributed by atoms with Gasteiger partial charge in [0.05, 0.1) is 37.1 Å². The fourth-order valence-electron chi connectivity index (χ4n) is 5.81. The smallest absolute Gasteiger partial charge is 0.355 e. The van der Waals surface area contributed by atoms with Gasteiger partial charge in [-0.1, -0.05) is 40.8 Å². The van der Waals surface area contributed by atoms with Gasteiger partial charge in [0.15, 0.2) is 0 Å². The standard InChI is InChI=1S/C30H37N3O6Si/c1-7-30(39-24(35)9-8-12-31)21-14-23-25-19(15-33(23)27(36)20(21)16-38-28(30)37)26(40(5,6)29(2,3)4)18-13-17(34)10-11-22(18)32-25/h10-11,13-14,34H,7-9,12,15-16,31H2,1-6H3. The summed E-state index contributed by atoms with van der Waals surface area (Å²) in [6.07, 6.45) is 0.593. The van der Waals surface area contributed by atoms with Crippen LogP contribution in [0.1, 0.15) is 63.6 Å². The summed E-state index contributed by atoms with van der Waals surface area (Å²) in [5.74, 6) is -1.09. The van der Waals surface area contributed by atoms with Crippen LogP contribution in [0.2, 0.25) is 18.1 Å². The molecular weight excluding hydrogens is 526 g/mol. The molecule has 4 heterocycles. The predicted molar refractivity (Wildman–Crippen MR) is 155 cm³/mol. The Kier molecular flexibility index (Phi) is 6.70. The lowest BCUT2D eigenvalue weighted by molar-refractivity contribution is -0.189. The van der Waals surface area contributed by atoms with E-state index >= 15 is 0 Å². The van der Waals surface area contributed by atoms with Crippen LogP contribution in [-0.2, 0) is 37.8 Å². The van der Waals surface area contributed by atoms with Crippen molar-refractivity contribution in [3.05, 3.63) is 51.3 Å². The third-order valence-corrected chi connectivity index (χ3v) is 14.6. The summed E-state index contributed by atoms with van der Waals surface area (Å²) in [6, 6.07) is 6.97. The molecule has 2 aliphatic rings. The van der Waals surface area contributed by atoms with Gasteiger partial charge in [-0.05, 0) is 59.4 Å². The van der Waals surface area contributed by atoms with E-state index in [9.17, 15) is 19.5 Å². The average molecular weight is 564 g/mol. The summed E-state index contributed by atoms with van der Waals surface area (Å²) >= 11 is 0. The van der Waals surface area contributed by atoms with Gasteiger partial charge in [-0.3, -0.25) is 9.59 Å². The number of rotatable bonds is 6. The first-order chi connectivity index (χ1) is 18.8. The van der Waals surface area contributed by atoms with E-state index in [0.717, 1.165) is 21.7 Å². The van der Waals surface area contributed by atoms with Crippen LogP contribution in [0.4, 0.5) is 0 Å². The maximum atomic E-state index is 14.0. The van der Waals surface area contributed by atoms with Gasteiger partial charge in [-0.2, -0.15) is 0 Å². The van der Waals surface area contributed by atoms with E-state index in [2.05, 4.69) is 33.9 Å². The van der Waals surface area contributed by atoms with Crippen LogP contribution < -0.4 is 16.5 Å². The van der Waals surface area contributed by atoms with Crippen LogP contribution in [0.25, 0.3) is 22.3 Å². The van der Waals surface area contributed by atoms with Crippen molar-refractivity contribution in [1.29, 1.82) is 0 Å². The minimum absolute atomic E-state index is 0.0329. The summed E-state index contributed by atoms with van der Waals surface area (Å²) in [4.78, 5) is 44.9. The number of hydrogen-bond donors (Lipinski definition) is 2. The molecule has 2 aromatic heterocycles. The molecule has 1 unspecified atom stereocenters. The third kappa shape index (κ3) is 4.07. The molecule has 10 heteroatoms. The molecule has 0 saturated carbocycles. The van der Waals surface area contributed by atoms with Crippen molar-refractivity contribution < 1.29 is 24.2 Å². The number of aromatic hydroxyl groups is 1. The molecule has 0 amide bonds. The Hall–Kier alpha value is -3.50. The minimum Gasteiger partial charge on any atom is -0.508 e. The topological polar surface area (TPSA) is 134 Å². The molecule has 0 saturated heterocycles. The molecule has 0 fully saturated rings. The van der Waals surface area contributed by atoms with Gasteiger partial charge in [-0.15, -0.1) is 0 Å². The largest absolute Gasteiger partial charge is 0.508 e. The predicted octanol–water partition coefficient (Wildman–Crippen LogP) is 3.79. The van der Waals surface area contributed by atoms with E-state index in [1.165, 1.54) is 0 Å². The summed E-state index contributed by atoms with van der Waals surface area (Å²) in [5.41, 5.74) is 7.16. The molecule has 0 bridgehead atoms. The van der Waals surface area contributed by atoms with Crippen LogP contribution in [0.5, 0.6) is 5.75 Å². The summed E-state index contributed by atoms with van der Waals surface area (Å²) in [6.45, 7) is 13.5. The molecule has 9 nitrogen and oxygen atoms in total. The SMILES string of the molecule is CCC1(OC(=O)CCCN)C(=O)OCc2c1cc1n(c2=O)Cc2c-1nc1ccc(O)cc1c2[Si](C)(C)C(C)(C)C. The number of benzene rings is 1. The molecule has 1 atom stereocenters. The second-order valence-corrected chi connectivity index (χ2v) is 17.6. The lowest BCUT2D eigenvalue weighted by atomic mass is 9.85. The van der Waals surface area contributed by atoms with E-state index in [0.29, 0.717) is 42.0 Å². The van der Waals surface area contributed by atoms with Gasteiger partial charge in [0.1, 0.15) is 12.4 Å². The highest BCUT2D eigenvalue weighted by Gasteiger charge is 2.51. The fourth-order valence-corrected chi connectivity index (χ4v) is 8.38. The van der Waals surface area contributed by atoms with E-state index in [1.807, 2.05) is 0 Å². The number of cyclic esters (lactones) is 1. The quantitative estimate of drug-likeness (QED) is 0.267. The van der Waals surface area contributed by atoms with Gasteiger partial charge in [0, 0.05) is 17.4 Å². The molecule has 3 aromatic rings. The number of nitrogens with two attached hydrogens (primary N) is 1. The fraction of sp³-hybridized carbons (Fsp3) is 0.467. The van der Waals surface area contributed by atoms with Crippen molar-refractivity contribution in [1.82, 2.24) is 9.55 Å². The Morgan fingerprint density at radius 3 is 2.60 bits per heavy atom. The Bertz CT molecular complexity index is 1620. The third-order valence-electron chi connectivity index (χ3n) is 9.01. The van der Waals surface area contributed by atoms with Crippen LogP contribution in [0.3, 0.4) is 0 Å². The average Bonchev–Trinajstić information content (AvgIpc) is 3.25. The first kappa shape index (κ1) is 28.0. The zero-order valence-corrected chi connectivity index (χ0v) is 25.0. The number of phenolic OH excluding ortho intramolecular Hbond substituents is 1. The second kappa shape index (κ2) is 9.55. The Labute approximate surface area is 234 Å². The van der Waals surface area contributed by atoms with Crippen LogP contribution in [0.15, 0.2) is 29.1 Å². The minimum atomic E-state index is -2.22. The zero-order valence-electron chi connectivity index (χ0n) is 24.0. The molecule has 3 N–H and O–H groups in total. The van der Waals surface area contributed by atoms with E-state index < -0.39 is 25.6 Å². The Morgan fingerprint density at radius 1 is 1.23 bits per heavy atom. The highest BCUT2D eigenvalue weighted by molar-refractivity contribution is 6.94. The lowest BCUT2D eigenvalue weighted by Crippen LogP contribution is -2.51. The number of aromatic nitrogens is 2. The van der Waals surface area contributed by atoms with Gasteiger partial charge in [0.25, 0.3) is 5.56 Å². The first-order valence-corrected chi connectivity index (χ1v) is 16.8. The van der Waals surface area contributed by atoms with Crippen LogP contribution in [0, 0.1) is 0 Å². The van der Waals surface area contributed by atoms with E-state index in [1.54, 1.807) is 35.8 Å². The first-order valence-electron chi connectivity index (χ1n) is 13.8.